The fourth-order valence-electron chi connectivity index (χ4n) is 2.55. The van der Waals surface area contributed by atoms with Crippen molar-refractivity contribution in [1.29, 1.82) is 0 Å². The first-order valence-corrected chi connectivity index (χ1v) is 6.79. The molecule has 1 saturated carbocycles. The molecule has 100 valence electrons. The Hall–Kier alpha value is -1.06. The van der Waals surface area contributed by atoms with Gasteiger partial charge in [-0.2, -0.15) is 0 Å². The second kappa shape index (κ2) is 6.76. The third-order valence-corrected chi connectivity index (χ3v) is 3.86. The molecule has 0 bridgehead atoms. The molecule has 0 amide bonds. The number of aliphatic hydroxyl groups is 1. The summed E-state index contributed by atoms with van der Waals surface area (Å²) in [5.74, 6) is 1.44. The van der Waals surface area contributed by atoms with E-state index in [0.29, 0.717) is 18.6 Å². The first kappa shape index (κ1) is 13.4. The molecule has 0 spiro atoms. The van der Waals surface area contributed by atoms with Crippen molar-refractivity contribution in [2.75, 3.05) is 13.7 Å². The van der Waals surface area contributed by atoms with Crippen LogP contribution < -0.4 is 10.1 Å². The molecule has 0 aromatic heterocycles. The van der Waals surface area contributed by atoms with Crippen LogP contribution in [0.15, 0.2) is 24.3 Å². The predicted molar refractivity (Wildman–Crippen MR) is 72.7 cm³/mol. The molecule has 1 aliphatic rings. The van der Waals surface area contributed by atoms with Gasteiger partial charge in [0.15, 0.2) is 0 Å². The smallest absolute Gasteiger partial charge is 0.118 e. The topological polar surface area (TPSA) is 41.5 Å². The zero-order chi connectivity index (χ0) is 12.8. The second-order valence-corrected chi connectivity index (χ2v) is 5.13. The van der Waals surface area contributed by atoms with Crippen LogP contribution in [0.4, 0.5) is 0 Å². The van der Waals surface area contributed by atoms with Crippen LogP contribution in [0.2, 0.25) is 0 Å². The van der Waals surface area contributed by atoms with Crippen molar-refractivity contribution < 1.29 is 9.84 Å². The lowest BCUT2D eigenvalue weighted by molar-refractivity contribution is 0.175. The van der Waals surface area contributed by atoms with E-state index in [1.807, 2.05) is 12.1 Å². The fourth-order valence-corrected chi connectivity index (χ4v) is 2.55. The molecule has 1 fully saturated rings. The largest absolute Gasteiger partial charge is 0.497 e. The van der Waals surface area contributed by atoms with E-state index in [9.17, 15) is 0 Å². The van der Waals surface area contributed by atoms with Gasteiger partial charge in [-0.25, -0.2) is 0 Å². The Morgan fingerprint density at radius 1 is 1.17 bits per heavy atom. The molecular formula is C15H23NO2. The number of hydrogen-bond donors (Lipinski definition) is 2. The molecule has 0 unspecified atom stereocenters. The van der Waals surface area contributed by atoms with Gasteiger partial charge >= 0.3 is 0 Å². The monoisotopic (exact) mass is 249 g/mol. The van der Waals surface area contributed by atoms with Gasteiger partial charge in [-0.1, -0.05) is 12.1 Å². The van der Waals surface area contributed by atoms with Crippen LogP contribution in [0.25, 0.3) is 0 Å². The van der Waals surface area contributed by atoms with E-state index in [4.69, 9.17) is 9.84 Å². The molecule has 0 radical (unpaired) electrons. The van der Waals surface area contributed by atoms with E-state index in [1.54, 1.807) is 7.11 Å². The van der Waals surface area contributed by atoms with E-state index < -0.39 is 0 Å². The number of nitrogens with one attached hydrogen (secondary N) is 1. The normalized spacial score (nSPS) is 23.9. The van der Waals surface area contributed by atoms with Gasteiger partial charge in [-0.05, 0) is 49.3 Å². The summed E-state index contributed by atoms with van der Waals surface area (Å²) in [7, 11) is 1.69. The molecular weight excluding hydrogens is 226 g/mol. The van der Waals surface area contributed by atoms with Gasteiger partial charge in [0, 0.05) is 19.2 Å². The van der Waals surface area contributed by atoms with E-state index in [0.717, 1.165) is 25.1 Å². The average Bonchev–Trinajstić information content (AvgIpc) is 2.46. The van der Waals surface area contributed by atoms with E-state index in [-0.39, 0.29) is 0 Å². The lowest BCUT2D eigenvalue weighted by Gasteiger charge is -2.28. The zero-order valence-electron chi connectivity index (χ0n) is 11.1. The van der Waals surface area contributed by atoms with Crippen LogP contribution in [0, 0.1) is 5.92 Å². The molecule has 0 saturated heterocycles. The zero-order valence-corrected chi connectivity index (χ0v) is 11.1. The van der Waals surface area contributed by atoms with Crippen LogP contribution in [0.3, 0.4) is 0 Å². The Kier molecular flexibility index (Phi) is 5.02. The number of rotatable bonds is 5. The molecule has 0 heterocycles. The molecule has 1 aromatic carbocycles. The summed E-state index contributed by atoms with van der Waals surface area (Å²) in [6, 6.07) is 8.81. The van der Waals surface area contributed by atoms with Gasteiger partial charge in [0.25, 0.3) is 0 Å². The van der Waals surface area contributed by atoms with Crippen molar-refractivity contribution in [3.63, 3.8) is 0 Å². The molecule has 3 heteroatoms. The van der Waals surface area contributed by atoms with Gasteiger partial charge < -0.3 is 15.2 Å². The van der Waals surface area contributed by atoms with Crippen molar-refractivity contribution in [3.8, 4) is 5.75 Å². The third kappa shape index (κ3) is 3.72. The first-order chi connectivity index (χ1) is 8.81. The summed E-state index contributed by atoms with van der Waals surface area (Å²) in [4.78, 5) is 0. The number of methoxy groups -OCH3 is 1. The number of ether oxygens (including phenoxy) is 1. The van der Waals surface area contributed by atoms with E-state index >= 15 is 0 Å². The van der Waals surface area contributed by atoms with Crippen molar-refractivity contribution >= 4 is 0 Å². The highest BCUT2D eigenvalue weighted by Gasteiger charge is 2.19. The van der Waals surface area contributed by atoms with Gasteiger partial charge in [-0.3, -0.25) is 0 Å². The van der Waals surface area contributed by atoms with Crippen LogP contribution in [0.1, 0.15) is 31.2 Å². The summed E-state index contributed by atoms with van der Waals surface area (Å²) in [5, 5.41) is 12.7. The predicted octanol–water partition coefficient (Wildman–Crippen LogP) is 2.34. The lowest BCUT2D eigenvalue weighted by atomic mass is 9.86. The number of aliphatic hydroxyl groups excluding tert-OH is 1. The molecule has 1 aromatic rings. The third-order valence-electron chi connectivity index (χ3n) is 3.86. The fraction of sp³-hybridized carbons (Fsp3) is 0.600. The highest BCUT2D eigenvalue weighted by atomic mass is 16.5. The SMILES string of the molecule is COc1ccc(CNC2CCC(CO)CC2)cc1. The summed E-state index contributed by atoms with van der Waals surface area (Å²) >= 11 is 0. The highest BCUT2D eigenvalue weighted by molar-refractivity contribution is 5.27. The Morgan fingerprint density at radius 3 is 2.39 bits per heavy atom. The molecule has 0 aliphatic heterocycles. The number of hydrogen-bond acceptors (Lipinski definition) is 3. The van der Waals surface area contributed by atoms with Crippen molar-refractivity contribution in [2.45, 2.75) is 38.3 Å². The first-order valence-electron chi connectivity index (χ1n) is 6.79. The molecule has 3 nitrogen and oxygen atoms in total. The Labute approximate surface area is 109 Å². The van der Waals surface area contributed by atoms with Crippen LogP contribution in [-0.2, 0) is 6.54 Å². The summed E-state index contributed by atoms with van der Waals surface area (Å²) in [6.45, 7) is 1.27. The average molecular weight is 249 g/mol. The quantitative estimate of drug-likeness (QED) is 0.841. The van der Waals surface area contributed by atoms with Crippen molar-refractivity contribution in [2.24, 2.45) is 5.92 Å². The maximum atomic E-state index is 9.10. The van der Waals surface area contributed by atoms with Gasteiger partial charge in [0.05, 0.1) is 7.11 Å². The molecule has 0 atom stereocenters. The van der Waals surface area contributed by atoms with Gasteiger partial charge in [0.2, 0.25) is 0 Å². The standard InChI is InChI=1S/C15H23NO2/c1-18-15-8-4-12(5-9-15)10-16-14-6-2-13(11-17)3-7-14/h4-5,8-9,13-14,16-17H,2-3,6-7,10-11H2,1H3. The molecule has 2 N–H and O–H groups in total. The summed E-state index contributed by atoms with van der Waals surface area (Å²) in [5.41, 5.74) is 1.29. The van der Waals surface area contributed by atoms with Gasteiger partial charge in [0.1, 0.15) is 5.75 Å². The Bertz CT molecular complexity index is 342. The molecule has 2 rings (SSSR count). The Balaban J connectivity index is 1.74. The number of benzene rings is 1. The Morgan fingerprint density at radius 2 is 1.83 bits per heavy atom. The molecule has 1 aliphatic carbocycles. The van der Waals surface area contributed by atoms with Gasteiger partial charge in [-0.15, -0.1) is 0 Å². The minimum atomic E-state index is 0.352. The van der Waals surface area contributed by atoms with Crippen LogP contribution in [0.5, 0.6) is 5.75 Å². The van der Waals surface area contributed by atoms with Crippen LogP contribution >= 0.6 is 0 Å². The summed E-state index contributed by atoms with van der Waals surface area (Å²) in [6.07, 6.45) is 4.66. The molecule has 18 heavy (non-hydrogen) atoms. The maximum Gasteiger partial charge on any atom is 0.118 e. The minimum Gasteiger partial charge on any atom is -0.497 e. The minimum absolute atomic E-state index is 0.352. The van der Waals surface area contributed by atoms with Crippen LogP contribution in [-0.4, -0.2) is 24.9 Å². The lowest BCUT2D eigenvalue weighted by Crippen LogP contribution is -2.33. The highest BCUT2D eigenvalue weighted by Crippen LogP contribution is 2.24. The summed E-state index contributed by atoms with van der Waals surface area (Å²) < 4.78 is 5.14. The second-order valence-electron chi connectivity index (χ2n) is 5.13. The van der Waals surface area contributed by atoms with E-state index in [2.05, 4.69) is 17.4 Å². The van der Waals surface area contributed by atoms with Crippen molar-refractivity contribution in [3.05, 3.63) is 29.8 Å². The van der Waals surface area contributed by atoms with E-state index in [1.165, 1.54) is 18.4 Å². The van der Waals surface area contributed by atoms with Crippen molar-refractivity contribution in [1.82, 2.24) is 5.32 Å². The maximum absolute atomic E-state index is 9.10.